The van der Waals surface area contributed by atoms with Crippen LogP contribution in [0.4, 0.5) is 0 Å². The molecule has 11 heavy (non-hydrogen) atoms. The van der Waals surface area contributed by atoms with Crippen LogP contribution in [0.2, 0.25) is 0 Å². The Morgan fingerprint density at radius 3 is 2.36 bits per heavy atom. The minimum atomic E-state index is -3.57. The maximum absolute atomic E-state index is 10.7. The maximum atomic E-state index is 10.7. The van der Waals surface area contributed by atoms with E-state index in [4.69, 9.17) is 11.6 Å². The Morgan fingerprint density at radius 1 is 1.64 bits per heavy atom. The molecule has 0 rings (SSSR count). The second-order valence-corrected chi connectivity index (χ2v) is 4.15. The second kappa shape index (κ2) is 4.04. The van der Waals surface area contributed by atoms with Crippen LogP contribution < -0.4 is 0 Å². The van der Waals surface area contributed by atoms with Gasteiger partial charge in [0.2, 0.25) is 0 Å². The fourth-order valence-corrected chi connectivity index (χ4v) is 1.09. The number of carbonyl (C=O) groups excluding carboxylic acids is 1. The quantitative estimate of drug-likeness (QED) is 0.490. The fraction of sp³-hybridized carbons (Fsp3) is 0.800. The van der Waals surface area contributed by atoms with Gasteiger partial charge in [0, 0.05) is 0 Å². The summed E-state index contributed by atoms with van der Waals surface area (Å²) in [6.07, 6.45) is -1.10. The molecule has 0 radical (unpaired) electrons. The van der Waals surface area contributed by atoms with Crippen LogP contribution in [0.15, 0.2) is 0 Å². The molecule has 0 N–H and O–H groups in total. The first kappa shape index (κ1) is 10.9. The van der Waals surface area contributed by atoms with Crippen molar-refractivity contribution in [1.29, 1.82) is 0 Å². The molecule has 0 aliphatic carbocycles. The molecule has 0 fully saturated rings. The number of hydrogen-bond acceptors (Lipinski definition) is 4. The highest BCUT2D eigenvalue weighted by molar-refractivity contribution is 7.86. The largest absolute Gasteiger partial charge is 0.278 e. The van der Waals surface area contributed by atoms with Crippen LogP contribution in [0.3, 0.4) is 0 Å². The van der Waals surface area contributed by atoms with Crippen molar-refractivity contribution in [3.05, 3.63) is 0 Å². The molecule has 1 atom stereocenters. The zero-order chi connectivity index (χ0) is 9.07. The SMILES string of the molecule is CCS(=O)(=O)O[C@@H](C)C(=O)Cl. The molecule has 6 heteroatoms. The first-order valence-electron chi connectivity index (χ1n) is 2.99. The van der Waals surface area contributed by atoms with Crippen molar-refractivity contribution in [2.75, 3.05) is 5.75 Å². The smallest absolute Gasteiger partial charge is 0.267 e. The molecular weight excluding hydrogens is 192 g/mol. The minimum absolute atomic E-state index is 0.165. The molecule has 0 aromatic carbocycles. The molecule has 0 saturated carbocycles. The zero-order valence-electron chi connectivity index (χ0n) is 6.20. The highest BCUT2D eigenvalue weighted by Gasteiger charge is 2.18. The Hall–Kier alpha value is -0.130. The normalized spacial score (nSPS) is 14.5. The lowest BCUT2D eigenvalue weighted by Crippen LogP contribution is -2.21. The molecule has 0 saturated heterocycles. The van der Waals surface area contributed by atoms with Gasteiger partial charge in [-0.2, -0.15) is 8.42 Å². The predicted molar refractivity (Wildman–Crippen MR) is 40.9 cm³/mol. The van der Waals surface area contributed by atoms with E-state index >= 15 is 0 Å². The molecular formula is C5H9ClO4S. The summed E-state index contributed by atoms with van der Waals surface area (Å²) >= 11 is 4.96. The summed E-state index contributed by atoms with van der Waals surface area (Å²) in [5.74, 6) is -0.165. The van der Waals surface area contributed by atoms with Gasteiger partial charge in [0.05, 0.1) is 5.75 Å². The van der Waals surface area contributed by atoms with E-state index < -0.39 is 21.5 Å². The van der Waals surface area contributed by atoms with E-state index in [1.165, 1.54) is 13.8 Å². The van der Waals surface area contributed by atoms with Crippen molar-refractivity contribution in [3.8, 4) is 0 Å². The van der Waals surface area contributed by atoms with Crippen LogP contribution in [-0.4, -0.2) is 25.5 Å². The van der Waals surface area contributed by atoms with E-state index in [1.54, 1.807) is 0 Å². The topological polar surface area (TPSA) is 60.4 Å². The Kier molecular flexibility index (Phi) is 3.99. The molecule has 0 aromatic heterocycles. The van der Waals surface area contributed by atoms with E-state index in [-0.39, 0.29) is 5.75 Å². The van der Waals surface area contributed by atoms with Gasteiger partial charge in [0.1, 0.15) is 6.10 Å². The van der Waals surface area contributed by atoms with Gasteiger partial charge < -0.3 is 0 Å². The van der Waals surface area contributed by atoms with Gasteiger partial charge in [0.25, 0.3) is 15.4 Å². The molecule has 0 spiro atoms. The van der Waals surface area contributed by atoms with Crippen molar-refractivity contribution in [3.63, 3.8) is 0 Å². The van der Waals surface area contributed by atoms with Crippen LogP contribution in [0, 0.1) is 0 Å². The molecule has 0 aromatic rings. The summed E-state index contributed by atoms with van der Waals surface area (Å²) in [5.41, 5.74) is 0. The third-order valence-electron chi connectivity index (χ3n) is 0.964. The highest BCUT2D eigenvalue weighted by Crippen LogP contribution is 2.02. The second-order valence-electron chi connectivity index (χ2n) is 1.89. The van der Waals surface area contributed by atoms with E-state index in [0.717, 1.165) is 0 Å². The van der Waals surface area contributed by atoms with Gasteiger partial charge in [-0.1, -0.05) is 0 Å². The van der Waals surface area contributed by atoms with Crippen molar-refractivity contribution in [2.24, 2.45) is 0 Å². The summed E-state index contributed by atoms with van der Waals surface area (Å²) in [4.78, 5) is 10.3. The predicted octanol–water partition coefficient (Wildman–Crippen LogP) is 0.507. The summed E-state index contributed by atoms with van der Waals surface area (Å²) in [6.45, 7) is 2.70. The Bertz CT molecular complexity index is 233. The number of carbonyl (C=O) groups is 1. The van der Waals surface area contributed by atoms with Crippen molar-refractivity contribution in [2.45, 2.75) is 20.0 Å². The Balaban J connectivity index is 4.16. The van der Waals surface area contributed by atoms with Gasteiger partial charge in [0.15, 0.2) is 0 Å². The average Bonchev–Trinajstić information content (AvgIpc) is 1.87. The lowest BCUT2D eigenvalue weighted by atomic mass is 10.5. The molecule has 4 nitrogen and oxygen atoms in total. The van der Waals surface area contributed by atoms with E-state index in [2.05, 4.69) is 4.18 Å². The molecule has 0 heterocycles. The van der Waals surface area contributed by atoms with Crippen LogP contribution >= 0.6 is 11.6 Å². The van der Waals surface area contributed by atoms with Crippen LogP contribution in [0.1, 0.15) is 13.8 Å². The first-order chi connectivity index (χ1) is 4.89. The van der Waals surface area contributed by atoms with Gasteiger partial charge >= 0.3 is 0 Å². The van der Waals surface area contributed by atoms with Crippen molar-refractivity contribution >= 4 is 27.0 Å². The average molecular weight is 201 g/mol. The van der Waals surface area contributed by atoms with E-state index in [0.29, 0.717) is 0 Å². The molecule has 0 unspecified atom stereocenters. The number of hydrogen-bond donors (Lipinski definition) is 0. The summed E-state index contributed by atoms with van der Waals surface area (Å²) in [5, 5.41) is -0.818. The van der Waals surface area contributed by atoms with Gasteiger partial charge in [-0.25, -0.2) is 0 Å². The van der Waals surface area contributed by atoms with Gasteiger partial charge in [-0.15, -0.1) is 0 Å². The zero-order valence-corrected chi connectivity index (χ0v) is 7.78. The van der Waals surface area contributed by atoms with E-state index in [1.807, 2.05) is 0 Å². The maximum Gasteiger partial charge on any atom is 0.267 e. The number of rotatable bonds is 4. The molecule has 66 valence electrons. The fourth-order valence-electron chi connectivity index (χ4n) is 0.326. The molecule has 0 bridgehead atoms. The van der Waals surface area contributed by atoms with Crippen molar-refractivity contribution in [1.82, 2.24) is 0 Å². The lowest BCUT2D eigenvalue weighted by molar-refractivity contribution is -0.117. The van der Waals surface area contributed by atoms with Gasteiger partial charge in [-0.3, -0.25) is 8.98 Å². The number of halogens is 1. The third kappa shape index (κ3) is 4.34. The highest BCUT2D eigenvalue weighted by atomic mass is 35.5. The van der Waals surface area contributed by atoms with Crippen LogP contribution in [0.25, 0.3) is 0 Å². The monoisotopic (exact) mass is 200 g/mol. The Morgan fingerprint density at radius 2 is 2.09 bits per heavy atom. The van der Waals surface area contributed by atoms with E-state index in [9.17, 15) is 13.2 Å². The first-order valence-corrected chi connectivity index (χ1v) is 4.95. The third-order valence-corrected chi connectivity index (χ3v) is 2.56. The summed E-state index contributed by atoms with van der Waals surface area (Å²) in [7, 11) is -3.57. The molecule has 0 amide bonds. The Labute approximate surface area is 70.6 Å². The van der Waals surface area contributed by atoms with Crippen molar-refractivity contribution < 1.29 is 17.4 Å². The summed E-state index contributed by atoms with van der Waals surface area (Å²) < 4.78 is 25.7. The standard InChI is InChI=1S/C5H9ClO4S/c1-3-11(8,9)10-4(2)5(6)7/h4H,3H2,1-2H3/t4-/m0/s1. The minimum Gasteiger partial charge on any atom is -0.278 e. The molecule has 0 aliphatic heterocycles. The molecule has 0 aliphatic rings. The summed E-state index contributed by atoms with van der Waals surface area (Å²) in [6, 6.07) is 0. The lowest BCUT2D eigenvalue weighted by Gasteiger charge is -2.06. The van der Waals surface area contributed by atoms with Crippen LogP contribution in [0.5, 0.6) is 0 Å². The van der Waals surface area contributed by atoms with Crippen LogP contribution in [-0.2, 0) is 19.1 Å². The van der Waals surface area contributed by atoms with Gasteiger partial charge in [-0.05, 0) is 25.4 Å².